The predicted molar refractivity (Wildman–Crippen MR) is 116 cm³/mol. The molecule has 0 N–H and O–H groups in total. The first-order chi connectivity index (χ1) is 13.2. The van der Waals surface area contributed by atoms with Gasteiger partial charge in [-0.05, 0) is 53.6 Å². The van der Waals surface area contributed by atoms with E-state index in [1.165, 1.54) is 44.5 Å². The zero-order chi connectivity index (χ0) is 18.6. The Morgan fingerprint density at radius 1 is 0.370 bits per heavy atom. The molecule has 4 aromatic rings. The number of hydrogen-bond donors (Lipinski definition) is 0. The molecule has 0 radical (unpaired) electrons. The highest BCUT2D eigenvalue weighted by atomic mass is 14.1. The molecule has 0 fully saturated rings. The quantitative estimate of drug-likeness (QED) is 0.365. The summed E-state index contributed by atoms with van der Waals surface area (Å²) in [6.07, 6.45) is 0.961. The lowest BCUT2D eigenvalue weighted by Crippen LogP contribution is -1.89. The summed E-state index contributed by atoms with van der Waals surface area (Å²) in [6.45, 7) is 4.24. The Kier molecular flexibility index (Phi) is 4.89. The van der Waals surface area contributed by atoms with Gasteiger partial charge in [0.2, 0.25) is 0 Å². The lowest BCUT2D eigenvalue weighted by molar-refractivity contribution is 1.19. The molecule has 0 nitrogen and oxygen atoms in total. The number of rotatable bonds is 4. The van der Waals surface area contributed by atoms with Crippen LogP contribution in [0.5, 0.6) is 0 Å². The molecular weight excluding hydrogens is 324 g/mol. The van der Waals surface area contributed by atoms with Crippen LogP contribution in [0.3, 0.4) is 0 Å². The van der Waals surface area contributed by atoms with E-state index in [1.54, 1.807) is 0 Å². The van der Waals surface area contributed by atoms with Gasteiger partial charge in [-0.15, -0.1) is 0 Å². The van der Waals surface area contributed by atoms with Gasteiger partial charge < -0.3 is 0 Å². The summed E-state index contributed by atoms with van der Waals surface area (Å²) >= 11 is 0. The van der Waals surface area contributed by atoms with E-state index in [-0.39, 0.29) is 0 Å². The zero-order valence-corrected chi connectivity index (χ0v) is 15.9. The van der Waals surface area contributed by atoms with Gasteiger partial charge >= 0.3 is 0 Å². The van der Waals surface area contributed by atoms with Crippen LogP contribution in [0, 0.1) is 13.8 Å². The van der Waals surface area contributed by atoms with Crippen LogP contribution in [-0.4, -0.2) is 0 Å². The van der Waals surface area contributed by atoms with E-state index in [2.05, 4.69) is 111 Å². The van der Waals surface area contributed by atoms with Crippen molar-refractivity contribution < 1.29 is 0 Å². The first-order valence-corrected chi connectivity index (χ1v) is 9.49. The Labute approximate surface area is 162 Å². The largest absolute Gasteiger partial charge is 0.0587 e. The summed E-state index contributed by atoms with van der Waals surface area (Å²) in [4.78, 5) is 0. The second-order valence-corrected chi connectivity index (χ2v) is 7.30. The van der Waals surface area contributed by atoms with Gasteiger partial charge in [-0.25, -0.2) is 0 Å². The van der Waals surface area contributed by atoms with Gasteiger partial charge in [0.15, 0.2) is 0 Å². The first-order valence-electron chi connectivity index (χ1n) is 9.49. The minimum absolute atomic E-state index is 0.961. The van der Waals surface area contributed by atoms with Crippen LogP contribution in [0.15, 0.2) is 97.1 Å². The van der Waals surface area contributed by atoms with Crippen molar-refractivity contribution >= 4 is 0 Å². The van der Waals surface area contributed by atoms with Gasteiger partial charge in [0.1, 0.15) is 0 Å². The molecule has 0 spiro atoms. The van der Waals surface area contributed by atoms with Crippen LogP contribution in [0.4, 0.5) is 0 Å². The van der Waals surface area contributed by atoms with E-state index in [1.807, 2.05) is 0 Å². The number of benzene rings is 4. The molecule has 0 aliphatic rings. The third-order valence-electron chi connectivity index (χ3n) is 5.09. The van der Waals surface area contributed by atoms with Crippen molar-refractivity contribution in [1.29, 1.82) is 0 Å². The summed E-state index contributed by atoms with van der Waals surface area (Å²) < 4.78 is 0. The van der Waals surface area contributed by atoms with E-state index >= 15 is 0 Å². The molecule has 4 aromatic carbocycles. The van der Waals surface area contributed by atoms with Gasteiger partial charge in [-0.1, -0.05) is 108 Å². The molecular formula is C27H24. The van der Waals surface area contributed by atoms with E-state index in [9.17, 15) is 0 Å². The minimum atomic E-state index is 0.961. The highest BCUT2D eigenvalue weighted by Gasteiger charge is 2.02. The fourth-order valence-corrected chi connectivity index (χ4v) is 3.36. The zero-order valence-electron chi connectivity index (χ0n) is 15.9. The topological polar surface area (TPSA) is 0 Å². The van der Waals surface area contributed by atoms with Crippen LogP contribution in [0.1, 0.15) is 22.3 Å². The lowest BCUT2D eigenvalue weighted by Gasteiger charge is -2.07. The Hall–Kier alpha value is -3.12. The maximum absolute atomic E-state index is 2.24. The molecule has 0 aromatic heterocycles. The molecule has 0 heteroatoms. The number of hydrogen-bond acceptors (Lipinski definition) is 0. The van der Waals surface area contributed by atoms with E-state index < -0.39 is 0 Å². The van der Waals surface area contributed by atoms with Gasteiger partial charge in [0.05, 0.1) is 0 Å². The van der Waals surface area contributed by atoms with Crippen molar-refractivity contribution in [2.45, 2.75) is 20.3 Å². The van der Waals surface area contributed by atoms with Crippen molar-refractivity contribution in [2.24, 2.45) is 0 Å². The Bertz CT molecular complexity index is 916. The monoisotopic (exact) mass is 348 g/mol. The summed E-state index contributed by atoms with van der Waals surface area (Å²) in [7, 11) is 0. The van der Waals surface area contributed by atoms with Crippen molar-refractivity contribution in [1.82, 2.24) is 0 Å². The summed E-state index contributed by atoms with van der Waals surface area (Å²) in [5.74, 6) is 0. The summed E-state index contributed by atoms with van der Waals surface area (Å²) in [5.41, 5.74) is 10.4. The maximum Gasteiger partial charge on any atom is -0.00258 e. The first kappa shape index (κ1) is 17.3. The van der Waals surface area contributed by atoms with Gasteiger partial charge in [-0.3, -0.25) is 0 Å². The Morgan fingerprint density at radius 3 is 0.926 bits per heavy atom. The average molecular weight is 348 g/mol. The molecule has 0 aliphatic heterocycles. The van der Waals surface area contributed by atoms with Gasteiger partial charge in [0.25, 0.3) is 0 Å². The molecule has 4 rings (SSSR count). The lowest BCUT2D eigenvalue weighted by atomic mass is 9.98. The molecule has 0 amide bonds. The van der Waals surface area contributed by atoms with E-state index in [4.69, 9.17) is 0 Å². The Balaban J connectivity index is 1.47. The van der Waals surface area contributed by atoms with E-state index in [0.717, 1.165) is 6.42 Å². The highest BCUT2D eigenvalue weighted by molar-refractivity contribution is 5.65. The predicted octanol–water partition coefficient (Wildman–Crippen LogP) is 7.23. The van der Waals surface area contributed by atoms with Gasteiger partial charge in [-0.2, -0.15) is 0 Å². The van der Waals surface area contributed by atoms with Crippen molar-refractivity contribution in [2.75, 3.05) is 0 Å². The molecule has 0 saturated carbocycles. The molecule has 0 saturated heterocycles. The van der Waals surface area contributed by atoms with Crippen molar-refractivity contribution in [3.63, 3.8) is 0 Å². The maximum atomic E-state index is 2.24. The molecule has 0 heterocycles. The normalized spacial score (nSPS) is 10.7. The smallest absolute Gasteiger partial charge is 0.00258 e. The van der Waals surface area contributed by atoms with Crippen LogP contribution in [-0.2, 0) is 6.42 Å². The Morgan fingerprint density at radius 2 is 0.630 bits per heavy atom. The average Bonchev–Trinajstić information content (AvgIpc) is 2.71. The van der Waals surface area contributed by atoms with Crippen LogP contribution >= 0.6 is 0 Å². The highest BCUT2D eigenvalue weighted by Crippen LogP contribution is 2.23. The van der Waals surface area contributed by atoms with E-state index in [0.29, 0.717) is 0 Å². The second kappa shape index (κ2) is 7.63. The molecule has 0 bridgehead atoms. The standard InChI is InChI=1S/C27H24/c1-20-3-11-24(12-4-20)26-15-7-22(8-16-26)19-23-9-17-27(18-10-23)25-13-5-21(2)6-14-25/h3-18H,19H2,1-2H3. The SMILES string of the molecule is Cc1ccc(-c2ccc(Cc3ccc(-c4ccc(C)cc4)cc3)cc2)cc1. The third kappa shape index (κ3) is 4.17. The van der Waals surface area contributed by atoms with Gasteiger partial charge in [0, 0.05) is 0 Å². The summed E-state index contributed by atoms with van der Waals surface area (Å²) in [6, 6.07) is 35.3. The fraction of sp³-hybridized carbons (Fsp3) is 0.111. The van der Waals surface area contributed by atoms with Crippen LogP contribution < -0.4 is 0 Å². The van der Waals surface area contributed by atoms with Crippen molar-refractivity contribution in [3.05, 3.63) is 119 Å². The van der Waals surface area contributed by atoms with Crippen LogP contribution in [0.2, 0.25) is 0 Å². The molecule has 0 aliphatic carbocycles. The van der Waals surface area contributed by atoms with Crippen LogP contribution in [0.25, 0.3) is 22.3 Å². The molecule has 132 valence electrons. The second-order valence-electron chi connectivity index (χ2n) is 7.30. The summed E-state index contributed by atoms with van der Waals surface area (Å²) in [5, 5.41) is 0. The minimum Gasteiger partial charge on any atom is -0.0587 e. The fourth-order valence-electron chi connectivity index (χ4n) is 3.36. The molecule has 0 atom stereocenters. The molecule has 0 unspecified atom stereocenters. The molecule has 27 heavy (non-hydrogen) atoms. The number of aryl methyl sites for hydroxylation is 2. The van der Waals surface area contributed by atoms with Crippen molar-refractivity contribution in [3.8, 4) is 22.3 Å². The third-order valence-corrected chi connectivity index (χ3v) is 5.09.